The van der Waals surface area contributed by atoms with Gasteiger partial charge in [0.05, 0.1) is 18.4 Å². The van der Waals surface area contributed by atoms with Crippen molar-refractivity contribution in [1.82, 2.24) is 0 Å². The van der Waals surface area contributed by atoms with Gasteiger partial charge in [-0.15, -0.1) is 0 Å². The summed E-state index contributed by atoms with van der Waals surface area (Å²) in [4.78, 5) is 24.1. The second-order valence-corrected chi connectivity index (χ2v) is 4.24. The number of benzene rings is 1. The second kappa shape index (κ2) is 4.93. The van der Waals surface area contributed by atoms with E-state index in [0.717, 1.165) is 18.1 Å². The SMILES string of the molecule is COC(=O)c1cc(N2CC(N)CC2=O)c(F)cc1F. The Morgan fingerprint density at radius 2 is 2.11 bits per heavy atom. The third-order valence-corrected chi connectivity index (χ3v) is 2.89. The van der Waals surface area contributed by atoms with E-state index in [1.54, 1.807) is 0 Å². The Balaban J connectivity index is 2.46. The lowest BCUT2D eigenvalue weighted by molar-refractivity contribution is -0.117. The van der Waals surface area contributed by atoms with Crippen LogP contribution in [0.15, 0.2) is 12.1 Å². The molecular weight excluding hydrogens is 258 g/mol. The van der Waals surface area contributed by atoms with Gasteiger partial charge in [0.25, 0.3) is 0 Å². The maximum absolute atomic E-state index is 13.7. The van der Waals surface area contributed by atoms with Gasteiger partial charge in [0, 0.05) is 25.1 Å². The van der Waals surface area contributed by atoms with E-state index in [4.69, 9.17) is 5.73 Å². The van der Waals surface area contributed by atoms with Crippen LogP contribution in [0.4, 0.5) is 14.5 Å². The van der Waals surface area contributed by atoms with Crippen LogP contribution in [0.25, 0.3) is 0 Å². The molecule has 1 aromatic carbocycles. The molecule has 102 valence electrons. The van der Waals surface area contributed by atoms with Crippen LogP contribution in [0.3, 0.4) is 0 Å². The number of nitrogens with zero attached hydrogens (tertiary/aromatic N) is 1. The maximum atomic E-state index is 13.7. The van der Waals surface area contributed by atoms with Gasteiger partial charge in [-0.1, -0.05) is 0 Å². The van der Waals surface area contributed by atoms with Crippen molar-refractivity contribution >= 4 is 17.6 Å². The van der Waals surface area contributed by atoms with Crippen molar-refractivity contribution in [1.29, 1.82) is 0 Å². The lowest BCUT2D eigenvalue weighted by atomic mass is 10.1. The third-order valence-electron chi connectivity index (χ3n) is 2.89. The molecule has 7 heteroatoms. The minimum atomic E-state index is -1.04. The largest absolute Gasteiger partial charge is 0.465 e. The molecule has 1 heterocycles. The number of amides is 1. The van der Waals surface area contributed by atoms with Crippen molar-refractivity contribution in [3.8, 4) is 0 Å². The Hall–Kier alpha value is -2.02. The first-order valence-corrected chi connectivity index (χ1v) is 5.57. The van der Waals surface area contributed by atoms with Gasteiger partial charge in [-0.25, -0.2) is 13.6 Å². The van der Waals surface area contributed by atoms with Crippen molar-refractivity contribution in [2.75, 3.05) is 18.6 Å². The highest BCUT2D eigenvalue weighted by molar-refractivity contribution is 5.98. The fraction of sp³-hybridized carbons (Fsp3) is 0.333. The molecular formula is C12H12F2N2O3. The normalized spacial score (nSPS) is 18.8. The molecule has 5 nitrogen and oxygen atoms in total. The van der Waals surface area contributed by atoms with E-state index >= 15 is 0 Å². The molecule has 1 aromatic rings. The number of ether oxygens (including phenoxy) is 1. The summed E-state index contributed by atoms with van der Waals surface area (Å²) >= 11 is 0. The second-order valence-electron chi connectivity index (χ2n) is 4.24. The molecule has 1 unspecified atom stereocenters. The van der Waals surface area contributed by atoms with Crippen LogP contribution in [-0.2, 0) is 9.53 Å². The van der Waals surface area contributed by atoms with Gasteiger partial charge in [-0.2, -0.15) is 0 Å². The number of anilines is 1. The van der Waals surface area contributed by atoms with E-state index in [1.807, 2.05) is 0 Å². The molecule has 1 aliphatic heterocycles. The number of nitrogens with two attached hydrogens (primary N) is 1. The van der Waals surface area contributed by atoms with Crippen molar-refractivity contribution in [2.45, 2.75) is 12.5 Å². The summed E-state index contributed by atoms with van der Waals surface area (Å²) in [6.45, 7) is 0.127. The van der Waals surface area contributed by atoms with Gasteiger partial charge in [0.2, 0.25) is 5.91 Å². The number of esters is 1. The summed E-state index contributed by atoms with van der Waals surface area (Å²) in [5, 5.41) is 0. The van der Waals surface area contributed by atoms with Crippen molar-refractivity contribution < 1.29 is 23.1 Å². The highest BCUT2D eigenvalue weighted by Crippen LogP contribution is 2.27. The van der Waals surface area contributed by atoms with E-state index in [0.29, 0.717) is 6.07 Å². The Morgan fingerprint density at radius 3 is 2.63 bits per heavy atom. The van der Waals surface area contributed by atoms with Gasteiger partial charge in [0.1, 0.15) is 11.6 Å². The Labute approximate surface area is 107 Å². The van der Waals surface area contributed by atoms with Crippen LogP contribution < -0.4 is 10.6 Å². The molecule has 1 aliphatic rings. The Bertz CT molecular complexity index is 548. The lowest BCUT2D eigenvalue weighted by Crippen LogP contribution is -2.29. The summed E-state index contributed by atoms with van der Waals surface area (Å²) in [6.07, 6.45) is 0.0877. The Morgan fingerprint density at radius 1 is 1.42 bits per heavy atom. The first kappa shape index (κ1) is 13.4. The first-order valence-electron chi connectivity index (χ1n) is 5.57. The highest BCUT2D eigenvalue weighted by Gasteiger charge is 2.31. The molecule has 0 aliphatic carbocycles. The minimum Gasteiger partial charge on any atom is -0.465 e. The quantitative estimate of drug-likeness (QED) is 0.807. The van der Waals surface area contributed by atoms with E-state index in [1.165, 1.54) is 0 Å². The molecule has 0 spiro atoms. The van der Waals surface area contributed by atoms with Crippen LogP contribution in [-0.4, -0.2) is 31.6 Å². The summed E-state index contributed by atoms with van der Waals surface area (Å²) in [7, 11) is 1.09. The summed E-state index contributed by atoms with van der Waals surface area (Å²) in [6, 6.07) is 1.11. The fourth-order valence-corrected chi connectivity index (χ4v) is 1.98. The highest BCUT2D eigenvalue weighted by atomic mass is 19.1. The molecule has 1 saturated heterocycles. The van der Waals surface area contributed by atoms with E-state index in [9.17, 15) is 18.4 Å². The molecule has 19 heavy (non-hydrogen) atoms. The zero-order chi connectivity index (χ0) is 14.2. The van der Waals surface area contributed by atoms with Crippen LogP contribution in [0, 0.1) is 11.6 Å². The molecule has 1 fully saturated rings. The van der Waals surface area contributed by atoms with Gasteiger partial charge < -0.3 is 15.4 Å². The van der Waals surface area contributed by atoms with Crippen LogP contribution >= 0.6 is 0 Å². The summed E-state index contributed by atoms with van der Waals surface area (Å²) < 4.78 is 31.6. The molecule has 0 bridgehead atoms. The zero-order valence-electron chi connectivity index (χ0n) is 10.2. The monoisotopic (exact) mass is 270 g/mol. The van der Waals surface area contributed by atoms with Crippen molar-refractivity contribution in [3.05, 3.63) is 29.3 Å². The number of hydrogen-bond acceptors (Lipinski definition) is 4. The van der Waals surface area contributed by atoms with E-state index in [-0.39, 0.29) is 24.6 Å². The molecule has 1 atom stereocenters. The predicted molar refractivity (Wildman–Crippen MR) is 62.6 cm³/mol. The lowest BCUT2D eigenvalue weighted by Gasteiger charge is -2.18. The Kier molecular flexibility index (Phi) is 3.48. The molecule has 1 amide bonds. The van der Waals surface area contributed by atoms with Gasteiger partial charge in [-0.3, -0.25) is 4.79 Å². The maximum Gasteiger partial charge on any atom is 0.340 e. The van der Waals surface area contributed by atoms with E-state index in [2.05, 4.69) is 4.74 Å². The molecule has 0 aromatic heterocycles. The number of hydrogen-bond donors (Lipinski definition) is 1. The topological polar surface area (TPSA) is 72.6 Å². The van der Waals surface area contributed by atoms with Crippen molar-refractivity contribution in [2.24, 2.45) is 5.73 Å². The van der Waals surface area contributed by atoms with E-state index < -0.39 is 29.2 Å². The van der Waals surface area contributed by atoms with Gasteiger partial charge in [-0.05, 0) is 6.07 Å². The smallest absolute Gasteiger partial charge is 0.340 e. The molecule has 0 radical (unpaired) electrons. The number of methoxy groups -OCH3 is 1. The summed E-state index contributed by atoms with van der Waals surface area (Å²) in [5.74, 6) is -3.26. The average Bonchev–Trinajstić information content (AvgIpc) is 2.67. The standard InChI is InChI=1S/C12H12F2N2O3/c1-19-12(18)7-3-10(9(14)4-8(7)13)16-5-6(15)2-11(16)17/h3-4,6H,2,5,15H2,1H3. The third kappa shape index (κ3) is 2.41. The molecule has 0 saturated carbocycles. The molecule has 2 N–H and O–H groups in total. The summed E-state index contributed by atoms with van der Waals surface area (Å²) in [5.41, 5.74) is 5.02. The van der Waals surface area contributed by atoms with Gasteiger partial charge in [0.15, 0.2) is 0 Å². The number of carbonyl (C=O) groups is 2. The van der Waals surface area contributed by atoms with Crippen LogP contribution in [0.5, 0.6) is 0 Å². The molecule has 2 rings (SSSR count). The number of halogens is 2. The number of rotatable bonds is 2. The zero-order valence-corrected chi connectivity index (χ0v) is 10.2. The number of carbonyl (C=O) groups excluding carboxylic acids is 2. The minimum absolute atomic E-state index is 0.0877. The fourth-order valence-electron chi connectivity index (χ4n) is 1.98. The van der Waals surface area contributed by atoms with Gasteiger partial charge >= 0.3 is 5.97 Å². The average molecular weight is 270 g/mol. The first-order chi connectivity index (χ1) is 8.93. The van der Waals surface area contributed by atoms with Crippen molar-refractivity contribution in [3.63, 3.8) is 0 Å². The predicted octanol–water partition coefficient (Wildman–Crippen LogP) is 0.815. The van der Waals surface area contributed by atoms with Crippen LogP contribution in [0.2, 0.25) is 0 Å². The van der Waals surface area contributed by atoms with Crippen LogP contribution in [0.1, 0.15) is 16.8 Å².